The Hall–Kier alpha value is -2.40. The molecule has 4 nitrogen and oxygen atoms in total. The van der Waals surface area contributed by atoms with E-state index in [1.165, 1.54) is 18.2 Å². The van der Waals surface area contributed by atoms with E-state index in [1.54, 1.807) is 12.1 Å². The second kappa shape index (κ2) is 7.24. The first-order valence-electron chi connectivity index (χ1n) is 6.98. The molecule has 0 aliphatic heterocycles. The lowest BCUT2D eigenvalue weighted by Crippen LogP contribution is -2.22. The van der Waals surface area contributed by atoms with E-state index >= 15 is 0 Å². The van der Waals surface area contributed by atoms with Gasteiger partial charge in [-0.25, -0.2) is 4.39 Å². The molecule has 2 rings (SSSR count). The van der Waals surface area contributed by atoms with Crippen LogP contribution >= 0.6 is 11.6 Å². The number of rotatable bonds is 4. The first kappa shape index (κ1) is 17.0. The summed E-state index contributed by atoms with van der Waals surface area (Å²) in [7, 11) is 0. The number of carbonyl (C=O) groups is 2. The van der Waals surface area contributed by atoms with Crippen molar-refractivity contribution in [3.63, 3.8) is 0 Å². The third kappa shape index (κ3) is 4.53. The number of hydrogen-bond donors (Lipinski definition) is 2. The quantitative estimate of drug-likeness (QED) is 0.828. The van der Waals surface area contributed by atoms with Gasteiger partial charge in [-0.2, -0.15) is 0 Å². The minimum atomic E-state index is -0.603. The third-order valence-corrected chi connectivity index (χ3v) is 3.46. The molecule has 0 saturated heterocycles. The number of anilines is 2. The van der Waals surface area contributed by atoms with Crippen molar-refractivity contribution >= 4 is 34.8 Å². The SMILES string of the molecule is Cc1cc(C)c(NC(=O)CC(=O)Nc2ccccc2F)c(Cl)c1. The zero-order chi connectivity index (χ0) is 17.0. The lowest BCUT2D eigenvalue weighted by Gasteiger charge is -2.12. The molecule has 0 aliphatic carbocycles. The van der Waals surface area contributed by atoms with Crippen LogP contribution in [0.3, 0.4) is 0 Å². The van der Waals surface area contributed by atoms with Gasteiger partial charge in [0, 0.05) is 0 Å². The Morgan fingerprint density at radius 1 is 1.09 bits per heavy atom. The van der Waals surface area contributed by atoms with Crippen molar-refractivity contribution in [2.75, 3.05) is 10.6 Å². The number of nitrogens with one attached hydrogen (secondary N) is 2. The highest BCUT2D eigenvalue weighted by Crippen LogP contribution is 2.27. The number of carbonyl (C=O) groups excluding carboxylic acids is 2. The van der Waals surface area contributed by atoms with Crippen molar-refractivity contribution in [1.29, 1.82) is 0 Å². The van der Waals surface area contributed by atoms with Gasteiger partial charge in [-0.1, -0.05) is 29.8 Å². The summed E-state index contributed by atoms with van der Waals surface area (Å²) in [4.78, 5) is 23.8. The van der Waals surface area contributed by atoms with Gasteiger partial charge in [-0.15, -0.1) is 0 Å². The van der Waals surface area contributed by atoms with Crippen molar-refractivity contribution in [3.8, 4) is 0 Å². The highest BCUT2D eigenvalue weighted by atomic mass is 35.5. The number of benzene rings is 2. The summed E-state index contributed by atoms with van der Waals surface area (Å²) >= 11 is 6.10. The molecule has 0 aromatic heterocycles. The van der Waals surface area contributed by atoms with Gasteiger partial charge < -0.3 is 10.6 Å². The minimum absolute atomic E-state index is 0.0369. The van der Waals surface area contributed by atoms with Crippen LogP contribution in [0.2, 0.25) is 5.02 Å². The van der Waals surface area contributed by atoms with Crippen LogP contribution in [-0.2, 0) is 9.59 Å². The maximum Gasteiger partial charge on any atom is 0.233 e. The maximum atomic E-state index is 13.4. The summed E-state index contributed by atoms with van der Waals surface area (Å²) < 4.78 is 13.4. The standard InChI is InChI=1S/C17H16ClFN2O2/c1-10-7-11(2)17(12(18)8-10)21-16(23)9-15(22)20-14-6-4-3-5-13(14)19/h3-8H,9H2,1-2H3,(H,20,22)(H,21,23). The second-order valence-electron chi connectivity index (χ2n) is 5.19. The summed E-state index contributed by atoms with van der Waals surface area (Å²) in [5.41, 5.74) is 2.29. The second-order valence-corrected chi connectivity index (χ2v) is 5.60. The normalized spacial score (nSPS) is 10.3. The molecule has 0 unspecified atom stereocenters. The number of para-hydroxylation sites is 1. The molecule has 23 heavy (non-hydrogen) atoms. The average Bonchev–Trinajstić information content (AvgIpc) is 2.45. The number of aryl methyl sites for hydroxylation is 2. The van der Waals surface area contributed by atoms with Gasteiger partial charge in [0.05, 0.1) is 16.4 Å². The van der Waals surface area contributed by atoms with Gasteiger partial charge >= 0.3 is 0 Å². The summed E-state index contributed by atoms with van der Waals surface area (Å²) in [6.07, 6.45) is -0.433. The van der Waals surface area contributed by atoms with Gasteiger partial charge in [0.25, 0.3) is 0 Å². The van der Waals surface area contributed by atoms with Crippen molar-refractivity contribution in [1.82, 2.24) is 0 Å². The molecule has 2 aromatic rings. The molecule has 0 atom stereocenters. The van der Waals surface area contributed by atoms with Gasteiger partial charge in [0.15, 0.2) is 0 Å². The van der Waals surface area contributed by atoms with Crippen LogP contribution in [-0.4, -0.2) is 11.8 Å². The smallest absolute Gasteiger partial charge is 0.233 e. The van der Waals surface area contributed by atoms with E-state index in [1.807, 2.05) is 19.9 Å². The first-order chi connectivity index (χ1) is 10.9. The molecule has 0 saturated carbocycles. The van der Waals surface area contributed by atoms with E-state index in [9.17, 15) is 14.0 Å². The molecule has 0 fully saturated rings. The molecule has 0 aliphatic rings. The Bertz CT molecular complexity index is 739. The van der Waals surface area contributed by atoms with Crippen molar-refractivity contribution < 1.29 is 14.0 Å². The molecule has 0 heterocycles. The Kier molecular flexibility index (Phi) is 5.34. The van der Waals surface area contributed by atoms with Crippen LogP contribution < -0.4 is 10.6 Å². The Morgan fingerprint density at radius 3 is 2.39 bits per heavy atom. The van der Waals surface area contributed by atoms with Gasteiger partial charge in [-0.05, 0) is 43.2 Å². The summed E-state index contributed by atoms with van der Waals surface area (Å²) in [5.74, 6) is -1.68. The molecule has 0 radical (unpaired) electrons. The Labute approximate surface area is 138 Å². The van der Waals surface area contributed by atoms with Gasteiger partial charge in [0.2, 0.25) is 11.8 Å². The third-order valence-electron chi connectivity index (χ3n) is 3.17. The predicted octanol–water partition coefficient (Wildman–Crippen LogP) is 4.06. The molecule has 2 aromatic carbocycles. The van der Waals surface area contributed by atoms with Crippen LogP contribution in [0, 0.1) is 19.7 Å². The van der Waals surface area contributed by atoms with Crippen LogP contribution in [0.1, 0.15) is 17.5 Å². The monoisotopic (exact) mass is 334 g/mol. The van der Waals surface area contributed by atoms with Gasteiger partial charge in [0.1, 0.15) is 12.2 Å². The highest BCUT2D eigenvalue weighted by Gasteiger charge is 2.14. The van der Waals surface area contributed by atoms with Crippen molar-refractivity contribution in [2.24, 2.45) is 0 Å². The van der Waals surface area contributed by atoms with Crippen LogP contribution in [0.4, 0.5) is 15.8 Å². The lowest BCUT2D eigenvalue weighted by atomic mass is 10.1. The fraction of sp³-hybridized carbons (Fsp3) is 0.176. The van der Waals surface area contributed by atoms with Crippen LogP contribution in [0.15, 0.2) is 36.4 Å². The Morgan fingerprint density at radius 2 is 1.74 bits per heavy atom. The van der Waals surface area contributed by atoms with E-state index in [2.05, 4.69) is 10.6 Å². The fourth-order valence-corrected chi connectivity index (χ4v) is 2.53. The molecule has 120 valence electrons. The number of halogens is 2. The van der Waals surface area contributed by atoms with Gasteiger partial charge in [-0.3, -0.25) is 9.59 Å². The predicted molar refractivity (Wildman–Crippen MR) is 89.2 cm³/mol. The van der Waals surface area contributed by atoms with Crippen molar-refractivity contribution in [2.45, 2.75) is 20.3 Å². The van der Waals surface area contributed by atoms with E-state index in [4.69, 9.17) is 11.6 Å². The zero-order valence-corrected chi connectivity index (χ0v) is 13.5. The molecular weight excluding hydrogens is 319 g/mol. The maximum absolute atomic E-state index is 13.4. The van der Waals surface area contributed by atoms with E-state index in [0.29, 0.717) is 10.7 Å². The minimum Gasteiger partial charge on any atom is -0.324 e. The first-order valence-corrected chi connectivity index (χ1v) is 7.35. The topological polar surface area (TPSA) is 58.2 Å². The highest BCUT2D eigenvalue weighted by molar-refractivity contribution is 6.34. The average molecular weight is 335 g/mol. The molecule has 0 spiro atoms. The van der Waals surface area contributed by atoms with Crippen molar-refractivity contribution in [3.05, 3.63) is 58.4 Å². The number of amides is 2. The summed E-state index contributed by atoms with van der Waals surface area (Å²) in [5, 5.41) is 5.38. The largest absolute Gasteiger partial charge is 0.324 e. The Balaban J connectivity index is 2.00. The fourth-order valence-electron chi connectivity index (χ4n) is 2.16. The molecule has 6 heteroatoms. The van der Waals surface area contributed by atoms with E-state index in [-0.39, 0.29) is 5.69 Å². The van der Waals surface area contributed by atoms with E-state index in [0.717, 1.165) is 11.1 Å². The molecule has 2 amide bonds. The number of hydrogen-bond acceptors (Lipinski definition) is 2. The van der Waals surface area contributed by atoms with Crippen LogP contribution in [0.25, 0.3) is 0 Å². The summed E-state index contributed by atoms with van der Waals surface area (Å²) in [6, 6.07) is 9.36. The lowest BCUT2D eigenvalue weighted by molar-refractivity contribution is -0.123. The zero-order valence-electron chi connectivity index (χ0n) is 12.7. The van der Waals surface area contributed by atoms with E-state index < -0.39 is 24.1 Å². The van der Waals surface area contributed by atoms with Crippen LogP contribution in [0.5, 0.6) is 0 Å². The summed E-state index contributed by atoms with van der Waals surface area (Å²) in [6.45, 7) is 3.71. The molecular formula is C17H16ClFN2O2. The molecule has 2 N–H and O–H groups in total. The molecule has 0 bridgehead atoms.